The van der Waals surface area contributed by atoms with Gasteiger partial charge < -0.3 is 14.8 Å². The van der Waals surface area contributed by atoms with Gasteiger partial charge >= 0.3 is 6.09 Å². The number of amides is 1. The minimum Gasteiger partial charge on any atom is -0.497 e. The molecule has 1 aromatic carbocycles. The van der Waals surface area contributed by atoms with Crippen LogP contribution in [0, 0.1) is 17.0 Å². The molecule has 112 valence electrons. The van der Waals surface area contributed by atoms with Crippen molar-refractivity contribution in [3.63, 3.8) is 0 Å². The van der Waals surface area contributed by atoms with E-state index in [9.17, 15) is 13.6 Å². The molecule has 1 fully saturated rings. The van der Waals surface area contributed by atoms with E-state index in [0.717, 1.165) is 12.1 Å². The van der Waals surface area contributed by atoms with Crippen molar-refractivity contribution in [2.45, 2.75) is 19.9 Å². The van der Waals surface area contributed by atoms with E-state index in [0.29, 0.717) is 0 Å². The lowest BCUT2D eigenvalue weighted by molar-refractivity contribution is 0.0367. The van der Waals surface area contributed by atoms with Crippen LogP contribution in [0.1, 0.15) is 25.5 Å². The number of carbonyl (C=O) groups excluding carboxylic acids is 1. The highest BCUT2D eigenvalue weighted by Gasteiger charge is 2.40. The Labute approximate surface area is 121 Å². The zero-order chi connectivity index (χ0) is 14.2. The number of cyclic esters (lactones) is 1. The van der Waals surface area contributed by atoms with Gasteiger partial charge in [0.2, 0.25) is 0 Å². The van der Waals surface area contributed by atoms with Crippen LogP contribution in [0.25, 0.3) is 0 Å². The first-order valence-electron chi connectivity index (χ1n) is 5.81. The normalized spacial score (nSPS) is 20.4. The molecule has 20 heavy (non-hydrogen) atoms. The summed E-state index contributed by atoms with van der Waals surface area (Å²) in [5.41, 5.74) is -0.799. The van der Waals surface area contributed by atoms with E-state index in [-0.39, 0.29) is 30.3 Å². The molecule has 1 heterocycles. The van der Waals surface area contributed by atoms with Gasteiger partial charge in [-0.05, 0) is 0 Å². The zero-order valence-electron chi connectivity index (χ0n) is 11.3. The minimum absolute atomic E-state index is 0. The zero-order valence-corrected chi connectivity index (χ0v) is 12.1. The molecule has 0 bridgehead atoms. The van der Waals surface area contributed by atoms with E-state index < -0.39 is 29.2 Å². The number of hydrogen-bond acceptors (Lipinski definition) is 3. The Balaban J connectivity index is 0.00000200. The summed E-state index contributed by atoms with van der Waals surface area (Å²) in [6, 6.07) is 1.39. The molecule has 4 nitrogen and oxygen atoms in total. The van der Waals surface area contributed by atoms with Crippen molar-refractivity contribution in [3.8, 4) is 5.75 Å². The maximum atomic E-state index is 14.0. The van der Waals surface area contributed by atoms with Gasteiger partial charge in [-0.1, -0.05) is 13.8 Å². The summed E-state index contributed by atoms with van der Waals surface area (Å²) in [6.07, 6.45) is -0.682. The van der Waals surface area contributed by atoms with Crippen LogP contribution in [0.5, 0.6) is 5.75 Å². The number of carbonyl (C=O) groups is 1. The molecule has 1 amide bonds. The summed E-state index contributed by atoms with van der Waals surface area (Å²) in [7, 11) is 1.33. The highest BCUT2D eigenvalue weighted by Crippen LogP contribution is 2.39. The van der Waals surface area contributed by atoms with Gasteiger partial charge in [0, 0.05) is 23.1 Å². The number of alkyl carbamates (subject to hydrolysis) is 1. The topological polar surface area (TPSA) is 47.6 Å². The average Bonchev–Trinajstić information content (AvgIpc) is 2.33. The van der Waals surface area contributed by atoms with Crippen LogP contribution in [-0.4, -0.2) is 19.8 Å². The van der Waals surface area contributed by atoms with Crippen LogP contribution in [-0.2, 0) is 4.74 Å². The predicted molar refractivity (Wildman–Crippen MR) is 71.2 cm³/mol. The SMILES string of the molecule is COc1cc(F)c([C@H]2NC(=O)OCC2(C)C)c(F)c1.Cl. The van der Waals surface area contributed by atoms with Crippen molar-refractivity contribution in [2.75, 3.05) is 13.7 Å². The van der Waals surface area contributed by atoms with E-state index in [2.05, 4.69) is 5.32 Å². The van der Waals surface area contributed by atoms with Crippen molar-refractivity contribution in [1.29, 1.82) is 0 Å². The highest BCUT2D eigenvalue weighted by atomic mass is 35.5. The van der Waals surface area contributed by atoms with Crippen LogP contribution >= 0.6 is 12.4 Å². The van der Waals surface area contributed by atoms with Gasteiger partial charge in [0.15, 0.2) is 0 Å². The molecule has 0 aliphatic carbocycles. The van der Waals surface area contributed by atoms with Gasteiger partial charge in [-0.25, -0.2) is 13.6 Å². The molecule has 0 radical (unpaired) electrons. The molecule has 1 atom stereocenters. The standard InChI is InChI=1S/C13H15F2NO3.ClH/c1-13(2)6-19-12(17)16-11(13)10-8(14)4-7(18-3)5-9(10)15;/h4-5,11H,6H2,1-3H3,(H,16,17);1H/t11-;/m1./s1. The molecule has 1 aliphatic heterocycles. The molecule has 2 rings (SSSR count). The molecular weight excluding hydrogens is 292 g/mol. The van der Waals surface area contributed by atoms with Gasteiger partial charge in [0.1, 0.15) is 24.0 Å². The van der Waals surface area contributed by atoms with E-state index in [1.165, 1.54) is 7.11 Å². The van der Waals surface area contributed by atoms with Crippen molar-refractivity contribution < 1.29 is 23.0 Å². The second-order valence-electron chi connectivity index (χ2n) is 5.15. The van der Waals surface area contributed by atoms with Crippen molar-refractivity contribution in [2.24, 2.45) is 5.41 Å². The summed E-state index contributed by atoms with van der Waals surface area (Å²) in [6.45, 7) is 3.62. The van der Waals surface area contributed by atoms with Gasteiger partial charge in [0.25, 0.3) is 0 Å². The average molecular weight is 308 g/mol. The highest BCUT2D eigenvalue weighted by molar-refractivity contribution is 5.85. The Morgan fingerprint density at radius 2 is 1.90 bits per heavy atom. The van der Waals surface area contributed by atoms with Crippen LogP contribution in [0.3, 0.4) is 0 Å². The molecule has 1 N–H and O–H groups in total. The number of rotatable bonds is 2. The quantitative estimate of drug-likeness (QED) is 0.912. The molecule has 0 unspecified atom stereocenters. The summed E-state index contributed by atoms with van der Waals surface area (Å²) in [5.74, 6) is -1.41. The maximum Gasteiger partial charge on any atom is 0.407 e. The van der Waals surface area contributed by atoms with Crippen LogP contribution in [0.4, 0.5) is 13.6 Å². The third-order valence-electron chi connectivity index (χ3n) is 3.20. The first kappa shape index (κ1) is 16.5. The fraction of sp³-hybridized carbons (Fsp3) is 0.462. The van der Waals surface area contributed by atoms with E-state index in [4.69, 9.17) is 9.47 Å². The number of nitrogens with one attached hydrogen (secondary N) is 1. The summed E-state index contributed by atoms with van der Waals surface area (Å²) in [4.78, 5) is 11.3. The number of halogens is 3. The van der Waals surface area contributed by atoms with Gasteiger partial charge in [-0.3, -0.25) is 0 Å². The van der Waals surface area contributed by atoms with Gasteiger partial charge in [0.05, 0.1) is 13.2 Å². The number of benzene rings is 1. The second-order valence-corrected chi connectivity index (χ2v) is 5.15. The lowest BCUT2D eigenvalue weighted by Crippen LogP contribution is -2.47. The Morgan fingerprint density at radius 1 is 1.35 bits per heavy atom. The minimum atomic E-state index is -0.792. The van der Waals surface area contributed by atoms with Crippen molar-refractivity contribution >= 4 is 18.5 Å². The molecular formula is C13H16ClF2NO3. The third-order valence-corrected chi connectivity index (χ3v) is 3.20. The van der Waals surface area contributed by atoms with Crippen molar-refractivity contribution in [3.05, 3.63) is 29.3 Å². The molecule has 0 spiro atoms. The van der Waals surface area contributed by atoms with Crippen LogP contribution in [0.15, 0.2) is 12.1 Å². The van der Waals surface area contributed by atoms with Gasteiger partial charge in [-0.15, -0.1) is 12.4 Å². The largest absolute Gasteiger partial charge is 0.497 e. The fourth-order valence-corrected chi connectivity index (χ4v) is 2.11. The van der Waals surface area contributed by atoms with Crippen LogP contribution in [0.2, 0.25) is 0 Å². The molecule has 1 aliphatic rings. The number of methoxy groups -OCH3 is 1. The Kier molecular flexibility index (Phi) is 4.81. The molecule has 0 aromatic heterocycles. The first-order valence-corrected chi connectivity index (χ1v) is 5.81. The number of hydrogen-bond donors (Lipinski definition) is 1. The summed E-state index contributed by atoms with van der Waals surface area (Å²) >= 11 is 0. The monoisotopic (exact) mass is 307 g/mol. The maximum absolute atomic E-state index is 14.0. The lowest BCUT2D eigenvalue weighted by Gasteiger charge is -2.38. The molecule has 7 heteroatoms. The third kappa shape index (κ3) is 2.95. The number of ether oxygens (including phenoxy) is 2. The molecule has 1 saturated heterocycles. The van der Waals surface area contributed by atoms with Crippen molar-refractivity contribution in [1.82, 2.24) is 5.32 Å². The predicted octanol–water partition coefficient (Wildman–Crippen LogP) is 3.20. The Morgan fingerprint density at radius 3 is 2.40 bits per heavy atom. The van der Waals surface area contributed by atoms with E-state index >= 15 is 0 Å². The van der Waals surface area contributed by atoms with Crippen LogP contribution < -0.4 is 10.1 Å². The van der Waals surface area contributed by atoms with E-state index in [1.807, 2.05) is 0 Å². The summed E-state index contributed by atoms with van der Waals surface area (Å²) in [5, 5.41) is 2.46. The molecule has 0 saturated carbocycles. The lowest BCUT2D eigenvalue weighted by atomic mass is 9.80. The first-order chi connectivity index (χ1) is 8.85. The smallest absolute Gasteiger partial charge is 0.407 e. The second kappa shape index (κ2) is 5.83. The Bertz CT molecular complexity index is 499. The fourth-order valence-electron chi connectivity index (χ4n) is 2.11. The van der Waals surface area contributed by atoms with E-state index in [1.54, 1.807) is 13.8 Å². The molecule has 1 aromatic rings. The summed E-state index contributed by atoms with van der Waals surface area (Å²) < 4.78 is 37.7. The van der Waals surface area contributed by atoms with Gasteiger partial charge in [-0.2, -0.15) is 0 Å². The Hall–Kier alpha value is -1.56.